The van der Waals surface area contributed by atoms with Gasteiger partial charge in [0.25, 0.3) is 0 Å². The van der Waals surface area contributed by atoms with E-state index in [1.807, 2.05) is 38.2 Å². The van der Waals surface area contributed by atoms with Crippen molar-refractivity contribution < 1.29 is 9.47 Å². The smallest absolute Gasteiger partial charge is 0.330 e. The maximum atomic E-state index is 13.9. The quantitative estimate of drug-likeness (QED) is 0.226. The molecule has 38 heavy (non-hydrogen) atoms. The van der Waals surface area contributed by atoms with Gasteiger partial charge in [-0.25, -0.2) is 9.79 Å². The van der Waals surface area contributed by atoms with E-state index >= 15 is 0 Å². The molecule has 3 aromatic rings. The van der Waals surface area contributed by atoms with Crippen molar-refractivity contribution >= 4 is 11.6 Å². The number of methoxy groups -OCH3 is 2. The highest BCUT2D eigenvalue weighted by atomic mass is 16.5. The Balaban J connectivity index is 1.92. The third kappa shape index (κ3) is 5.13. The van der Waals surface area contributed by atoms with Gasteiger partial charge in [0.2, 0.25) is 5.96 Å². The van der Waals surface area contributed by atoms with Gasteiger partial charge >= 0.3 is 5.69 Å². The van der Waals surface area contributed by atoms with E-state index in [-0.39, 0.29) is 5.69 Å². The van der Waals surface area contributed by atoms with Crippen LogP contribution >= 0.6 is 0 Å². The Labute approximate surface area is 221 Å². The van der Waals surface area contributed by atoms with Crippen molar-refractivity contribution in [3.63, 3.8) is 0 Å². The lowest BCUT2D eigenvalue weighted by Crippen LogP contribution is -2.45. The minimum absolute atomic E-state index is 0.158. The van der Waals surface area contributed by atoms with Crippen molar-refractivity contribution in [3.05, 3.63) is 68.6 Å². The third-order valence-corrected chi connectivity index (χ3v) is 6.67. The van der Waals surface area contributed by atoms with Gasteiger partial charge in [-0.1, -0.05) is 17.7 Å². The van der Waals surface area contributed by atoms with Crippen molar-refractivity contribution in [2.24, 2.45) is 9.98 Å². The van der Waals surface area contributed by atoms with Crippen LogP contribution in [-0.2, 0) is 19.5 Å². The summed E-state index contributed by atoms with van der Waals surface area (Å²) in [4.78, 5) is 22.9. The summed E-state index contributed by atoms with van der Waals surface area (Å²) in [5.74, 6) is 1.60. The number of nitrogens with zero attached hydrogens (tertiary/aromatic N) is 5. The normalized spacial score (nSPS) is 12.9. The summed E-state index contributed by atoms with van der Waals surface area (Å²) in [5.41, 5.74) is 7.25. The monoisotopic (exact) mass is 515 g/mol. The van der Waals surface area contributed by atoms with Crippen molar-refractivity contribution in [1.82, 2.24) is 19.8 Å². The number of aromatic nitrogens is 2. The molecule has 10 heteroatoms. The van der Waals surface area contributed by atoms with Crippen molar-refractivity contribution in [2.75, 3.05) is 27.8 Å². The summed E-state index contributed by atoms with van der Waals surface area (Å²) in [6, 6.07) is 10.0. The Bertz CT molecular complexity index is 1550. The van der Waals surface area contributed by atoms with E-state index in [2.05, 4.69) is 34.7 Å². The van der Waals surface area contributed by atoms with Crippen LogP contribution in [0.3, 0.4) is 0 Å². The van der Waals surface area contributed by atoms with E-state index in [1.54, 1.807) is 30.4 Å². The van der Waals surface area contributed by atoms with Gasteiger partial charge in [-0.05, 0) is 56.0 Å². The van der Waals surface area contributed by atoms with E-state index in [0.29, 0.717) is 49.0 Å². The van der Waals surface area contributed by atoms with E-state index in [0.717, 1.165) is 39.2 Å². The van der Waals surface area contributed by atoms with Crippen LogP contribution in [0.2, 0.25) is 0 Å². The summed E-state index contributed by atoms with van der Waals surface area (Å²) in [6.45, 7) is 7.34. The first-order valence-electron chi connectivity index (χ1n) is 12.4. The molecule has 0 bridgehead atoms. The lowest BCUT2D eigenvalue weighted by molar-refractivity contribution is 0.354. The number of nitrogens with one attached hydrogen (secondary N) is 2. The van der Waals surface area contributed by atoms with E-state index in [4.69, 9.17) is 19.7 Å². The van der Waals surface area contributed by atoms with Crippen LogP contribution < -0.4 is 31.3 Å². The van der Waals surface area contributed by atoms with Crippen molar-refractivity contribution in [1.29, 1.82) is 5.26 Å². The number of rotatable bonds is 6. The molecule has 2 aromatic carbocycles. The topological polar surface area (TPSA) is 118 Å². The molecule has 0 unspecified atom stereocenters. The maximum absolute atomic E-state index is 13.9. The Morgan fingerprint density at radius 3 is 2.39 bits per heavy atom. The van der Waals surface area contributed by atoms with Crippen LogP contribution in [-0.4, -0.2) is 42.9 Å². The molecule has 2 heterocycles. The highest BCUT2D eigenvalue weighted by Gasteiger charge is 2.22. The fourth-order valence-electron chi connectivity index (χ4n) is 4.95. The number of fused-ring (bicyclic) bond motifs is 3. The van der Waals surface area contributed by atoms with Gasteiger partial charge in [-0.2, -0.15) is 5.26 Å². The number of nitriles is 1. The van der Waals surface area contributed by atoms with Gasteiger partial charge in [0.15, 0.2) is 17.7 Å². The summed E-state index contributed by atoms with van der Waals surface area (Å²) in [6.07, 6.45) is 2.54. The Hall–Kier alpha value is -4.52. The largest absolute Gasteiger partial charge is 0.493 e. The molecule has 0 amide bonds. The molecule has 1 aliphatic heterocycles. The number of aliphatic imine (C=N–C) groups is 1. The van der Waals surface area contributed by atoms with E-state index in [9.17, 15) is 4.79 Å². The van der Waals surface area contributed by atoms with Gasteiger partial charge in [-0.15, -0.1) is 0 Å². The highest BCUT2D eigenvalue weighted by Crippen LogP contribution is 2.37. The van der Waals surface area contributed by atoms with Crippen molar-refractivity contribution in [3.8, 4) is 28.9 Å². The van der Waals surface area contributed by atoms with Gasteiger partial charge in [0.05, 0.1) is 25.6 Å². The molecule has 1 aromatic heterocycles. The SMILES string of the molecule is CN=C(NC#N)NCCn1c(=Nc2c(C)cc(C)cc2C)cc2n(c1=O)CCc1cc(OC)c(OC)cc1-2. The zero-order chi connectivity index (χ0) is 27.4. The minimum Gasteiger partial charge on any atom is -0.493 e. The number of benzene rings is 2. The minimum atomic E-state index is -0.158. The number of hydrogen-bond donors (Lipinski definition) is 2. The number of aryl methyl sites for hydroxylation is 4. The predicted molar refractivity (Wildman–Crippen MR) is 147 cm³/mol. The first-order chi connectivity index (χ1) is 18.3. The number of hydrogen-bond acceptors (Lipinski definition) is 6. The first kappa shape index (κ1) is 26.5. The molecule has 2 N–H and O–H groups in total. The molecule has 0 atom stereocenters. The summed E-state index contributed by atoms with van der Waals surface area (Å²) in [7, 11) is 4.80. The van der Waals surface area contributed by atoms with Gasteiger partial charge in [0.1, 0.15) is 5.49 Å². The first-order valence-corrected chi connectivity index (χ1v) is 12.4. The maximum Gasteiger partial charge on any atom is 0.330 e. The van der Waals surface area contributed by atoms with Gasteiger partial charge in [-0.3, -0.25) is 19.4 Å². The molecule has 1 aliphatic rings. The summed E-state index contributed by atoms with van der Waals surface area (Å²) in [5, 5.41) is 14.5. The summed E-state index contributed by atoms with van der Waals surface area (Å²) >= 11 is 0. The second-order valence-corrected chi connectivity index (χ2v) is 9.18. The van der Waals surface area contributed by atoms with Crippen LogP contribution in [0.25, 0.3) is 11.3 Å². The fraction of sp³-hybridized carbons (Fsp3) is 0.357. The highest BCUT2D eigenvalue weighted by molar-refractivity contribution is 5.80. The molecule has 0 spiro atoms. The second kappa shape index (κ2) is 11.3. The second-order valence-electron chi connectivity index (χ2n) is 9.18. The van der Waals surface area contributed by atoms with E-state index < -0.39 is 0 Å². The van der Waals surface area contributed by atoms with Crippen molar-refractivity contribution in [2.45, 2.75) is 40.3 Å². The Kier molecular flexibility index (Phi) is 7.86. The molecule has 0 aliphatic carbocycles. The molecule has 10 nitrogen and oxygen atoms in total. The van der Waals surface area contributed by atoms with Crippen LogP contribution in [0.1, 0.15) is 22.3 Å². The molecule has 4 rings (SSSR count). The third-order valence-electron chi connectivity index (χ3n) is 6.67. The number of ether oxygens (including phenoxy) is 2. The lowest BCUT2D eigenvalue weighted by atomic mass is 9.97. The predicted octanol–water partition coefficient (Wildman–Crippen LogP) is 2.69. The molecule has 0 saturated heterocycles. The lowest BCUT2D eigenvalue weighted by Gasteiger charge is -2.24. The van der Waals surface area contributed by atoms with Gasteiger partial charge in [0, 0.05) is 38.3 Å². The Morgan fingerprint density at radius 2 is 1.76 bits per heavy atom. The number of guanidine groups is 1. The zero-order valence-electron chi connectivity index (χ0n) is 22.7. The molecule has 0 saturated carbocycles. The molecular formula is C28H33N7O3. The average Bonchev–Trinajstić information content (AvgIpc) is 2.90. The standard InChI is InChI=1S/C28H33N7O3/c1-17-11-18(2)26(19(3)12-17)33-25-15-22-21-14-24(38-6)23(37-5)13-20(21)7-9-34(22)28(36)35(25)10-8-31-27(30-4)32-16-29/h11-15H,7-10H2,1-6H3,(H2,30,31,32). The van der Waals surface area contributed by atoms with Crippen LogP contribution in [0.4, 0.5) is 5.69 Å². The molecule has 198 valence electrons. The van der Waals surface area contributed by atoms with Gasteiger partial charge < -0.3 is 14.8 Å². The van der Waals surface area contributed by atoms with Crippen LogP contribution in [0, 0.1) is 32.2 Å². The molecule has 0 radical (unpaired) electrons. The fourth-order valence-corrected chi connectivity index (χ4v) is 4.95. The average molecular weight is 516 g/mol. The van der Waals surface area contributed by atoms with E-state index in [1.165, 1.54) is 0 Å². The zero-order valence-corrected chi connectivity index (χ0v) is 22.7. The Morgan fingerprint density at radius 1 is 1.08 bits per heavy atom. The molecule has 0 fully saturated rings. The van der Waals surface area contributed by atoms with Crippen LogP contribution in [0.15, 0.2) is 45.1 Å². The summed E-state index contributed by atoms with van der Waals surface area (Å²) < 4.78 is 14.5. The molecular weight excluding hydrogens is 482 g/mol. The van der Waals surface area contributed by atoms with Crippen LogP contribution in [0.5, 0.6) is 11.5 Å².